The number of para-hydroxylation sites is 1. The normalized spacial score (nSPS) is 17.8. The van der Waals surface area contributed by atoms with Gasteiger partial charge in [-0.3, -0.25) is 4.79 Å². The molecule has 6 nitrogen and oxygen atoms in total. The van der Waals surface area contributed by atoms with E-state index in [1.54, 1.807) is 10.8 Å². The van der Waals surface area contributed by atoms with Gasteiger partial charge < -0.3 is 14.8 Å². The molecule has 0 bridgehead atoms. The minimum absolute atomic E-state index is 0.0998. The molecule has 0 aliphatic carbocycles. The molecule has 1 fully saturated rings. The van der Waals surface area contributed by atoms with E-state index in [2.05, 4.69) is 10.4 Å². The highest BCUT2D eigenvalue weighted by atomic mass is 35.5. The molecular formula is C18H20ClN3O3. The van der Waals surface area contributed by atoms with Gasteiger partial charge in [-0.05, 0) is 25.1 Å². The standard InChI is InChI=1S/C18H20ClN3O3/c1-13-16(18(19)22(21-13)14-5-3-2-4-6-14)7-8-17(23)20-11-15-12-24-9-10-25-15/h2-8,15H,9-12H2,1H3,(H,20,23)/b8-7+. The van der Waals surface area contributed by atoms with Crippen molar-refractivity contribution in [3.63, 3.8) is 0 Å². The SMILES string of the molecule is Cc1nn(-c2ccccc2)c(Cl)c1/C=C/C(=O)NCC1COCCO1. The van der Waals surface area contributed by atoms with Gasteiger partial charge in [0.15, 0.2) is 0 Å². The Bertz CT molecular complexity index is 752. The van der Waals surface area contributed by atoms with Crippen LogP contribution in [0.3, 0.4) is 0 Å². The quantitative estimate of drug-likeness (QED) is 0.830. The highest BCUT2D eigenvalue weighted by molar-refractivity contribution is 6.31. The van der Waals surface area contributed by atoms with Crippen LogP contribution in [0.5, 0.6) is 0 Å². The molecule has 1 saturated heterocycles. The molecule has 2 heterocycles. The van der Waals surface area contributed by atoms with Crippen molar-refractivity contribution in [1.82, 2.24) is 15.1 Å². The van der Waals surface area contributed by atoms with Crippen molar-refractivity contribution >= 4 is 23.6 Å². The summed E-state index contributed by atoms with van der Waals surface area (Å²) in [4.78, 5) is 12.0. The number of ether oxygens (including phenoxy) is 2. The number of rotatable bonds is 5. The summed E-state index contributed by atoms with van der Waals surface area (Å²) in [5.41, 5.74) is 2.34. The predicted molar refractivity (Wildman–Crippen MR) is 95.9 cm³/mol. The van der Waals surface area contributed by atoms with Gasteiger partial charge in [-0.15, -0.1) is 0 Å². The van der Waals surface area contributed by atoms with Crippen LogP contribution in [0.15, 0.2) is 36.4 Å². The van der Waals surface area contributed by atoms with Crippen LogP contribution in [-0.2, 0) is 14.3 Å². The minimum Gasteiger partial charge on any atom is -0.376 e. The third-order valence-electron chi connectivity index (χ3n) is 3.84. The van der Waals surface area contributed by atoms with E-state index in [4.69, 9.17) is 21.1 Å². The van der Waals surface area contributed by atoms with Crippen molar-refractivity contribution < 1.29 is 14.3 Å². The molecule has 1 aliphatic rings. The summed E-state index contributed by atoms with van der Waals surface area (Å²) < 4.78 is 12.4. The maximum Gasteiger partial charge on any atom is 0.244 e. The zero-order valence-electron chi connectivity index (χ0n) is 13.9. The Hall–Kier alpha value is -2.15. The van der Waals surface area contributed by atoms with Crippen LogP contribution in [0.4, 0.5) is 0 Å². The van der Waals surface area contributed by atoms with Crippen molar-refractivity contribution in [3.05, 3.63) is 52.8 Å². The van der Waals surface area contributed by atoms with Crippen LogP contribution in [0.1, 0.15) is 11.3 Å². The summed E-state index contributed by atoms with van der Waals surface area (Å²) in [5.74, 6) is -0.211. The number of amides is 1. The number of carbonyl (C=O) groups excluding carboxylic acids is 1. The Morgan fingerprint density at radius 1 is 1.40 bits per heavy atom. The molecule has 7 heteroatoms. The molecule has 132 valence electrons. The maximum atomic E-state index is 12.0. The number of hydrogen-bond acceptors (Lipinski definition) is 4. The zero-order chi connectivity index (χ0) is 17.6. The molecule has 3 rings (SSSR count). The number of nitrogens with one attached hydrogen (secondary N) is 1. The van der Waals surface area contributed by atoms with Gasteiger partial charge in [0, 0.05) is 18.2 Å². The van der Waals surface area contributed by atoms with E-state index in [1.165, 1.54) is 6.08 Å². The second-order valence-corrected chi connectivity index (χ2v) is 6.04. The van der Waals surface area contributed by atoms with Crippen LogP contribution < -0.4 is 5.32 Å². The molecular weight excluding hydrogens is 342 g/mol. The average Bonchev–Trinajstić information content (AvgIpc) is 2.94. The van der Waals surface area contributed by atoms with Crippen molar-refractivity contribution in [2.45, 2.75) is 13.0 Å². The van der Waals surface area contributed by atoms with Crippen LogP contribution in [0, 0.1) is 6.92 Å². The van der Waals surface area contributed by atoms with Crippen molar-refractivity contribution in [2.24, 2.45) is 0 Å². The lowest BCUT2D eigenvalue weighted by molar-refractivity contribution is -0.119. The first-order chi connectivity index (χ1) is 12.1. The summed E-state index contributed by atoms with van der Waals surface area (Å²) in [6.07, 6.45) is 3.03. The number of carbonyl (C=O) groups is 1. The van der Waals surface area contributed by atoms with Gasteiger partial charge in [-0.1, -0.05) is 29.8 Å². The molecule has 1 aromatic heterocycles. The fourth-order valence-corrected chi connectivity index (χ4v) is 2.86. The zero-order valence-corrected chi connectivity index (χ0v) is 14.7. The second-order valence-electron chi connectivity index (χ2n) is 5.68. The van der Waals surface area contributed by atoms with Gasteiger partial charge in [-0.25, -0.2) is 4.68 Å². The third kappa shape index (κ3) is 4.48. The first kappa shape index (κ1) is 17.7. The maximum absolute atomic E-state index is 12.0. The Kier molecular flexibility index (Phi) is 5.86. The lowest BCUT2D eigenvalue weighted by Gasteiger charge is -2.22. The van der Waals surface area contributed by atoms with Crippen molar-refractivity contribution in [1.29, 1.82) is 0 Å². The molecule has 1 N–H and O–H groups in total. The molecule has 0 spiro atoms. The molecule has 1 amide bonds. The summed E-state index contributed by atoms with van der Waals surface area (Å²) >= 11 is 6.43. The number of benzene rings is 1. The topological polar surface area (TPSA) is 65.4 Å². The minimum atomic E-state index is -0.211. The fourth-order valence-electron chi connectivity index (χ4n) is 2.53. The lowest BCUT2D eigenvalue weighted by atomic mass is 10.2. The third-order valence-corrected chi connectivity index (χ3v) is 4.20. The number of halogens is 1. The Balaban J connectivity index is 1.65. The van der Waals surface area contributed by atoms with E-state index >= 15 is 0 Å². The molecule has 1 atom stereocenters. The molecule has 0 saturated carbocycles. The first-order valence-corrected chi connectivity index (χ1v) is 8.49. The molecule has 2 aromatic rings. The first-order valence-electron chi connectivity index (χ1n) is 8.11. The van der Waals surface area contributed by atoms with Crippen molar-refractivity contribution in [3.8, 4) is 5.69 Å². The number of nitrogens with zero attached hydrogens (tertiary/aromatic N) is 2. The number of hydrogen-bond donors (Lipinski definition) is 1. The van der Waals surface area contributed by atoms with Gasteiger partial charge in [0.25, 0.3) is 0 Å². The summed E-state index contributed by atoms with van der Waals surface area (Å²) in [6, 6.07) is 9.61. The Morgan fingerprint density at radius 2 is 2.20 bits per heavy atom. The van der Waals surface area contributed by atoms with Gasteiger partial charge >= 0.3 is 0 Å². The summed E-state index contributed by atoms with van der Waals surface area (Å²) in [6.45, 7) is 3.94. The average molecular weight is 362 g/mol. The number of aromatic nitrogens is 2. The summed E-state index contributed by atoms with van der Waals surface area (Å²) in [5, 5.41) is 7.71. The van der Waals surface area contributed by atoms with E-state index in [0.717, 1.165) is 16.9 Å². The van der Waals surface area contributed by atoms with E-state index in [1.807, 2.05) is 37.3 Å². The largest absolute Gasteiger partial charge is 0.376 e. The molecule has 1 aromatic carbocycles. The van der Waals surface area contributed by atoms with E-state index in [0.29, 0.717) is 31.5 Å². The smallest absolute Gasteiger partial charge is 0.244 e. The molecule has 25 heavy (non-hydrogen) atoms. The van der Waals surface area contributed by atoms with E-state index in [9.17, 15) is 4.79 Å². The van der Waals surface area contributed by atoms with E-state index < -0.39 is 0 Å². The monoisotopic (exact) mass is 361 g/mol. The highest BCUT2D eigenvalue weighted by Gasteiger charge is 2.15. The fraction of sp³-hybridized carbons (Fsp3) is 0.333. The van der Waals surface area contributed by atoms with Crippen LogP contribution in [-0.4, -0.2) is 48.2 Å². The highest BCUT2D eigenvalue weighted by Crippen LogP contribution is 2.24. The summed E-state index contributed by atoms with van der Waals surface area (Å²) in [7, 11) is 0. The van der Waals surface area contributed by atoms with Crippen molar-refractivity contribution in [2.75, 3.05) is 26.4 Å². The van der Waals surface area contributed by atoms with Gasteiger partial charge in [0.05, 0.1) is 37.3 Å². The van der Waals surface area contributed by atoms with Gasteiger partial charge in [-0.2, -0.15) is 5.10 Å². The van der Waals surface area contributed by atoms with Crippen LogP contribution >= 0.6 is 11.6 Å². The van der Waals surface area contributed by atoms with E-state index in [-0.39, 0.29) is 12.0 Å². The predicted octanol–water partition coefficient (Wildman–Crippen LogP) is 2.38. The van der Waals surface area contributed by atoms with Crippen LogP contribution in [0.2, 0.25) is 5.15 Å². The number of aryl methyl sites for hydroxylation is 1. The molecule has 1 unspecified atom stereocenters. The lowest BCUT2D eigenvalue weighted by Crippen LogP contribution is -2.39. The Morgan fingerprint density at radius 3 is 2.92 bits per heavy atom. The second kappa shape index (κ2) is 8.29. The van der Waals surface area contributed by atoms with Gasteiger partial charge in [0.1, 0.15) is 5.15 Å². The Labute approximate surface area is 151 Å². The van der Waals surface area contributed by atoms with Crippen LogP contribution in [0.25, 0.3) is 11.8 Å². The van der Waals surface area contributed by atoms with Gasteiger partial charge in [0.2, 0.25) is 5.91 Å². The molecule has 1 aliphatic heterocycles. The molecule has 0 radical (unpaired) electrons.